The van der Waals surface area contributed by atoms with E-state index in [0.717, 1.165) is 56.8 Å². The predicted molar refractivity (Wildman–Crippen MR) is 121 cm³/mol. The molecule has 6 heteroatoms. The molecule has 3 aromatic rings. The van der Waals surface area contributed by atoms with E-state index in [2.05, 4.69) is 39.3 Å². The van der Waals surface area contributed by atoms with Crippen LogP contribution in [0.25, 0.3) is 11.5 Å². The number of para-hydroxylation sites is 1. The van der Waals surface area contributed by atoms with E-state index in [1.54, 1.807) is 0 Å². The smallest absolute Gasteiger partial charge is 0.223 e. The van der Waals surface area contributed by atoms with Gasteiger partial charge in [-0.3, -0.25) is 9.69 Å². The molecule has 2 aliphatic rings. The maximum absolute atomic E-state index is 12.6. The van der Waals surface area contributed by atoms with Crippen LogP contribution < -0.4 is 5.32 Å². The van der Waals surface area contributed by atoms with Gasteiger partial charge in [0.15, 0.2) is 0 Å². The zero-order valence-electron chi connectivity index (χ0n) is 18.0. The van der Waals surface area contributed by atoms with E-state index in [0.29, 0.717) is 6.04 Å². The van der Waals surface area contributed by atoms with Crippen LogP contribution in [-0.2, 0) is 11.3 Å². The summed E-state index contributed by atoms with van der Waals surface area (Å²) in [5.74, 6) is 1.52. The van der Waals surface area contributed by atoms with Crippen molar-refractivity contribution in [2.45, 2.75) is 51.1 Å². The molecular formula is C25H31N5O. The number of carbonyl (C=O) groups is 1. The molecule has 1 N–H and O–H groups in total. The molecule has 6 nitrogen and oxygen atoms in total. The van der Waals surface area contributed by atoms with Crippen LogP contribution in [0.5, 0.6) is 0 Å². The third kappa shape index (κ3) is 4.44. The first-order valence-electron chi connectivity index (χ1n) is 11.6. The second kappa shape index (κ2) is 9.10. The summed E-state index contributed by atoms with van der Waals surface area (Å²) in [6.07, 6.45) is 12.8. The van der Waals surface area contributed by atoms with Gasteiger partial charge < -0.3 is 9.88 Å². The van der Waals surface area contributed by atoms with Crippen LogP contribution in [0.2, 0.25) is 0 Å². The average Bonchev–Trinajstić information content (AvgIpc) is 3.57. The number of nitrogens with one attached hydrogen (secondary N) is 1. The summed E-state index contributed by atoms with van der Waals surface area (Å²) in [6, 6.07) is 14.8. The Labute approximate surface area is 183 Å². The lowest BCUT2D eigenvalue weighted by atomic mass is 9.95. The Morgan fingerprint density at radius 3 is 2.39 bits per heavy atom. The van der Waals surface area contributed by atoms with Crippen LogP contribution in [-0.4, -0.2) is 44.3 Å². The minimum absolute atomic E-state index is 0.160. The Kier molecular flexibility index (Phi) is 5.89. The van der Waals surface area contributed by atoms with Crippen molar-refractivity contribution in [2.24, 2.45) is 5.92 Å². The number of hydrogen-bond donors (Lipinski definition) is 1. The summed E-state index contributed by atoms with van der Waals surface area (Å²) >= 11 is 0. The first kappa shape index (κ1) is 20.1. The van der Waals surface area contributed by atoms with E-state index in [-0.39, 0.29) is 11.8 Å². The summed E-state index contributed by atoms with van der Waals surface area (Å²) < 4.78 is 4.15. The van der Waals surface area contributed by atoms with Crippen molar-refractivity contribution in [1.82, 2.24) is 24.6 Å². The minimum atomic E-state index is 0.160. The molecule has 1 saturated heterocycles. The predicted octanol–water partition coefficient (Wildman–Crippen LogP) is 3.93. The van der Waals surface area contributed by atoms with Crippen LogP contribution in [0.4, 0.5) is 0 Å². The topological polar surface area (TPSA) is 55.1 Å². The molecule has 1 aromatic carbocycles. The second-order valence-electron chi connectivity index (χ2n) is 8.87. The number of amides is 1. The highest BCUT2D eigenvalue weighted by molar-refractivity contribution is 5.79. The standard InChI is InChI=1S/C25H31N5O/c31-24(27-22-8-4-5-9-22)20-12-16-28(17-13-20)19-21-18-26-30(23-10-2-1-3-11-23)25(21)29-14-6-7-15-29/h1-3,6-7,10-11,14-15,18,20,22H,4-5,8-9,12-13,16-17,19H2,(H,27,31). The van der Waals surface area contributed by atoms with Crippen molar-refractivity contribution < 1.29 is 4.79 Å². The molecule has 0 atom stereocenters. The van der Waals surface area contributed by atoms with E-state index < -0.39 is 0 Å². The molecule has 1 aliphatic heterocycles. The molecule has 3 heterocycles. The number of nitrogens with zero attached hydrogens (tertiary/aromatic N) is 4. The Morgan fingerprint density at radius 2 is 1.68 bits per heavy atom. The van der Waals surface area contributed by atoms with Crippen LogP contribution in [0, 0.1) is 5.92 Å². The van der Waals surface area contributed by atoms with Gasteiger partial charge in [0.2, 0.25) is 5.91 Å². The van der Waals surface area contributed by atoms with Gasteiger partial charge in [0.05, 0.1) is 11.9 Å². The second-order valence-corrected chi connectivity index (χ2v) is 8.87. The average molecular weight is 418 g/mol. The molecule has 2 aromatic heterocycles. The van der Waals surface area contributed by atoms with Crippen LogP contribution >= 0.6 is 0 Å². The molecule has 5 rings (SSSR count). The van der Waals surface area contributed by atoms with Crippen molar-refractivity contribution in [3.05, 3.63) is 66.6 Å². The van der Waals surface area contributed by atoms with Gasteiger partial charge in [-0.25, -0.2) is 4.68 Å². The molecule has 0 radical (unpaired) electrons. The van der Waals surface area contributed by atoms with Crippen molar-refractivity contribution in [3.8, 4) is 11.5 Å². The molecule has 0 spiro atoms. The number of hydrogen-bond acceptors (Lipinski definition) is 3. The van der Waals surface area contributed by atoms with Gasteiger partial charge in [-0.1, -0.05) is 31.0 Å². The molecule has 0 unspecified atom stereocenters. The summed E-state index contributed by atoms with van der Waals surface area (Å²) in [5.41, 5.74) is 2.26. The zero-order chi connectivity index (χ0) is 21.0. The first-order valence-corrected chi connectivity index (χ1v) is 11.6. The molecule has 1 aliphatic carbocycles. The van der Waals surface area contributed by atoms with Crippen molar-refractivity contribution in [2.75, 3.05) is 13.1 Å². The summed E-state index contributed by atoms with van der Waals surface area (Å²) in [5, 5.41) is 8.00. The van der Waals surface area contributed by atoms with Gasteiger partial charge in [-0.05, 0) is 63.0 Å². The largest absolute Gasteiger partial charge is 0.353 e. The fourth-order valence-corrected chi connectivity index (χ4v) is 4.98. The quantitative estimate of drug-likeness (QED) is 0.661. The van der Waals surface area contributed by atoms with Crippen LogP contribution in [0.1, 0.15) is 44.1 Å². The summed E-state index contributed by atoms with van der Waals surface area (Å²) in [6.45, 7) is 2.74. The third-order valence-electron chi connectivity index (χ3n) is 6.72. The SMILES string of the molecule is O=C(NC1CCCC1)C1CCN(Cc2cnn(-c3ccccc3)c2-n2cccc2)CC1. The molecular weight excluding hydrogens is 386 g/mol. The van der Waals surface area contributed by atoms with E-state index >= 15 is 0 Å². The Hall–Kier alpha value is -2.86. The van der Waals surface area contributed by atoms with Gasteiger partial charge in [0.25, 0.3) is 0 Å². The van der Waals surface area contributed by atoms with Crippen molar-refractivity contribution in [3.63, 3.8) is 0 Å². The molecule has 1 saturated carbocycles. The van der Waals surface area contributed by atoms with Gasteiger partial charge in [0.1, 0.15) is 5.82 Å². The van der Waals surface area contributed by atoms with E-state index in [4.69, 9.17) is 5.10 Å². The zero-order valence-corrected chi connectivity index (χ0v) is 18.0. The maximum atomic E-state index is 12.6. The fourth-order valence-electron chi connectivity index (χ4n) is 4.98. The van der Waals surface area contributed by atoms with Gasteiger partial charge >= 0.3 is 0 Å². The summed E-state index contributed by atoms with van der Waals surface area (Å²) in [4.78, 5) is 15.1. The van der Waals surface area contributed by atoms with Gasteiger partial charge in [0, 0.05) is 36.5 Å². The highest BCUT2D eigenvalue weighted by Gasteiger charge is 2.28. The van der Waals surface area contributed by atoms with Crippen LogP contribution in [0.15, 0.2) is 61.1 Å². The molecule has 31 heavy (non-hydrogen) atoms. The van der Waals surface area contributed by atoms with Gasteiger partial charge in [-0.2, -0.15) is 5.10 Å². The maximum Gasteiger partial charge on any atom is 0.223 e. The lowest BCUT2D eigenvalue weighted by Gasteiger charge is -2.31. The third-order valence-corrected chi connectivity index (χ3v) is 6.72. The fraction of sp³-hybridized carbons (Fsp3) is 0.440. The number of benzene rings is 1. The molecule has 162 valence electrons. The van der Waals surface area contributed by atoms with E-state index in [1.165, 1.54) is 18.4 Å². The Morgan fingerprint density at radius 1 is 0.968 bits per heavy atom. The first-order chi connectivity index (χ1) is 15.3. The van der Waals surface area contributed by atoms with Crippen molar-refractivity contribution in [1.29, 1.82) is 0 Å². The minimum Gasteiger partial charge on any atom is -0.353 e. The molecule has 0 bridgehead atoms. The summed E-state index contributed by atoms with van der Waals surface area (Å²) in [7, 11) is 0. The number of piperidine rings is 1. The Balaban J connectivity index is 1.27. The number of aromatic nitrogens is 3. The number of likely N-dealkylation sites (tertiary alicyclic amines) is 1. The number of rotatable bonds is 6. The number of carbonyl (C=O) groups excluding carboxylic acids is 1. The van der Waals surface area contributed by atoms with Crippen molar-refractivity contribution >= 4 is 5.91 Å². The molecule has 1 amide bonds. The lowest BCUT2D eigenvalue weighted by molar-refractivity contribution is -0.127. The highest BCUT2D eigenvalue weighted by atomic mass is 16.1. The Bertz CT molecular complexity index is 980. The highest BCUT2D eigenvalue weighted by Crippen LogP contribution is 2.25. The monoisotopic (exact) mass is 417 g/mol. The van der Waals surface area contributed by atoms with Gasteiger partial charge in [-0.15, -0.1) is 0 Å². The van der Waals surface area contributed by atoms with Crippen LogP contribution in [0.3, 0.4) is 0 Å². The van der Waals surface area contributed by atoms with E-state index in [1.807, 2.05) is 41.2 Å². The lowest BCUT2D eigenvalue weighted by Crippen LogP contribution is -2.43. The normalized spacial score (nSPS) is 18.5. The molecule has 2 fully saturated rings. The van der Waals surface area contributed by atoms with E-state index in [9.17, 15) is 4.79 Å².